The Labute approximate surface area is 74.7 Å². The third-order valence-electron chi connectivity index (χ3n) is 1.94. The fraction of sp³-hybridized carbons (Fsp3) is 0.222. The van der Waals surface area contributed by atoms with Gasteiger partial charge in [0.25, 0.3) is 0 Å². The van der Waals surface area contributed by atoms with Gasteiger partial charge in [-0.15, -0.1) is 0 Å². The van der Waals surface area contributed by atoms with Gasteiger partial charge in [-0.2, -0.15) is 0 Å². The Hall–Kier alpha value is -1.71. The van der Waals surface area contributed by atoms with Crippen LogP contribution in [0.5, 0.6) is 0 Å². The van der Waals surface area contributed by atoms with Crippen molar-refractivity contribution in [1.29, 1.82) is 0 Å². The number of hydrogen-bond acceptors (Lipinski definition) is 4. The lowest BCUT2D eigenvalue weighted by Crippen LogP contribution is -2.24. The lowest BCUT2D eigenvalue weighted by atomic mass is 10.0. The molecule has 68 valence electrons. The van der Waals surface area contributed by atoms with Crippen molar-refractivity contribution in [3.8, 4) is 0 Å². The average molecular weight is 180 g/mol. The Morgan fingerprint density at radius 2 is 2.46 bits per heavy atom. The van der Waals surface area contributed by atoms with Crippen molar-refractivity contribution >= 4 is 6.16 Å². The summed E-state index contributed by atoms with van der Waals surface area (Å²) in [5.74, 6) is 0.522. The largest absolute Gasteiger partial charge is 0.509 e. The Kier molecular flexibility index (Phi) is 1.62. The van der Waals surface area contributed by atoms with Crippen molar-refractivity contribution in [2.45, 2.75) is 5.60 Å². The van der Waals surface area contributed by atoms with Gasteiger partial charge in [-0.05, 0) is 18.2 Å². The minimum Gasteiger partial charge on any atom is -0.465 e. The zero-order valence-corrected chi connectivity index (χ0v) is 6.86. The zero-order chi connectivity index (χ0) is 9.31. The second kappa shape index (κ2) is 2.65. The van der Waals surface area contributed by atoms with Crippen LogP contribution in [0, 0.1) is 0 Å². The highest BCUT2D eigenvalue weighted by molar-refractivity contribution is 5.63. The predicted octanol–water partition coefficient (Wildman–Crippen LogP) is 1.83. The van der Waals surface area contributed by atoms with E-state index in [0.717, 1.165) is 0 Å². The molecule has 0 spiro atoms. The second-order valence-corrected chi connectivity index (χ2v) is 2.71. The highest BCUT2D eigenvalue weighted by Crippen LogP contribution is 2.32. The predicted molar refractivity (Wildman–Crippen MR) is 43.0 cm³/mol. The molecule has 0 bridgehead atoms. The van der Waals surface area contributed by atoms with Crippen LogP contribution >= 0.6 is 0 Å². The van der Waals surface area contributed by atoms with E-state index in [1.165, 1.54) is 12.3 Å². The van der Waals surface area contributed by atoms with E-state index in [1.807, 2.05) is 0 Å². The van der Waals surface area contributed by atoms with Gasteiger partial charge < -0.3 is 13.9 Å². The summed E-state index contributed by atoms with van der Waals surface area (Å²) in [6, 6.07) is 3.43. The highest BCUT2D eigenvalue weighted by atomic mass is 16.8. The van der Waals surface area contributed by atoms with Crippen molar-refractivity contribution in [2.75, 3.05) is 6.61 Å². The molecule has 0 N–H and O–H groups in total. The van der Waals surface area contributed by atoms with Crippen LogP contribution in [0.15, 0.2) is 35.5 Å². The number of cyclic esters (lactones) is 2. The molecule has 0 amide bonds. The van der Waals surface area contributed by atoms with E-state index in [2.05, 4.69) is 6.58 Å². The molecule has 1 aromatic rings. The molecule has 0 radical (unpaired) electrons. The molecule has 4 heteroatoms. The molecular weight excluding hydrogens is 172 g/mol. The van der Waals surface area contributed by atoms with Gasteiger partial charge in [0.2, 0.25) is 5.60 Å². The van der Waals surface area contributed by atoms with Crippen LogP contribution in [0.25, 0.3) is 0 Å². The maximum absolute atomic E-state index is 10.8. The fourth-order valence-corrected chi connectivity index (χ4v) is 1.22. The second-order valence-electron chi connectivity index (χ2n) is 2.71. The first-order valence-corrected chi connectivity index (χ1v) is 3.80. The SMILES string of the molecule is C=C[C@]1(c2ccco2)COC(=O)O1. The molecule has 1 atom stereocenters. The van der Waals surface area contributed by atoms with Crippen LogP contribution < -0.4 is 0 Å². The molecule has 0 unspecified atom stereocenters. The van der Waals surface area contributed by atoms with Gasteiger partial charge in [-0.25, -0.2) is 4.79 Å². The number of hydrogen-bond donors (Lipinski definition) is 0. The van der Waals surface area contributed by atoms with Gasteiger partial charge >= 0.3 is 6.16 Å². The van der Waals surface area contributed by atoms with Crippen molar-refractivity contribution in [2.24, 2.45) is 0 Å². The van der Waals surface area contributed by atoms with Crippen LogP contribution in [0.1, 0.15) is 5.76 Å². The summed E-state index contributed by atoms with van der Waals surface area (Å²) < 4.78 is 14.8. The maximum atomic E-state index is 10.8. The van der Waals surface area contributed by atoms with Crippen molar-refractivity contribution in [3.05, 3.63) is 36.8 Å². The van der Waals surface area contributed by atoms with Gasteiger partial charge in [-0.3, -0.25) is 0 Å². The normalized spacial score (nSPS) is 26.6. The van der Waals surface area contributed by atoms with Crippen molar-refractivity contribution in [3.63, 3.8) is 0 Å². The maximum Gasteiger partial charge on any atom is 0.509 e. The van der Waals surface area contributed by atoms with Gasteiger partial charge in [-0.1, -0.05) is 6.58 Å². The summed E-state index contributed by atoms with van der Waals surface area (Å²) in [5.41, 5.74) is -0.944. The van der Waals surface area contributed by atoms with E-state index in [0.29, 0.717) is 5.76 Å². The molecule has 0 aliphatic carbocycles. The van der Waals surface area contributed by atoms with E-state index >= 15 is 0 Å². The molecule has 0 aromatic carbocycles. The molecule has 2 heterocycles. The van der Waals surface area contributed by atoms with E-state index in [1.54, 1.807) is 12.1 Å². The van der Waals surface area contributed by atoms with Crippen LogP contribution in [0.4, 0.5) is 4.79 Å². The lowest BCUT2D eigenvalue weighted by Gasteiger charge is -2.16. The molecule has 13 heavy (non-hydrogen) atoms. The van der Waals surface area contributed by atoms with Crippen LogP contribution in [0.2, 0.25) is 0 Å². The third kappa shape index (κ3) is 1.11. The molecule has 1 aromatic heterocycles. The zero-order valence-electron chi connectivity index (χ0n) is 6.86. The minimum atomic E-state index is -0.944. The van der Waals surface area contributed by atoms with Gasteiger partial charge in [0.15, 0.2) is 5.76 Å². The van der Waals surface area contributed by atoms with Gasteiger partial charge in [0, 0.05) is 0 Å². The Morgan fingerprint density at radius 1 is 1.62 bits per heavy atom. The first-order valence-electron chi connectivity index (χ1n) is 3.80. The highest BCUT2D eigenvalue weighted by Gasteiger charge is 2.43. The third-order valence-corrected chi connectivity index (χ3v) is 1.94. The Balaban J connectivity index is 2.37. The van der Waals surface area contributed by atoms with Crippen LogP contribution in [-0.2, 0) is 15.1 Å². The smallest absolute Gasteiger partial charge is 0.465 e. The molecule has 0 saturated carbocycles. The number of ether oxygens (including phenoxy) is 2. The first-order chi connectivity index (χ1) is 6.27. The summed E-state index contributed by atoms with van der Waals surface area (Å²) in [4.78, 5) is 10.8. The summed E-state index contributed by atoms with van der Waals surface area (Å²) in [5, 5.41) is 0. The van der Waals surface area contributed by atoms with Crippen molar-refractivity contribution in [1.82, 2.24) is 0 Å². The number of carbonyl (C=O) groups is 1. The number of furan rings is 1. The molecule has 2 rings (SSSR count). The minimum absolute atomic E-state index is 0.114. The van der Waals surface area contributed by atoms with Gasteiger partial charge in [0.1, 0.15) is 6.61 Å². The molecule has 1 saturated heterocycles. The quantitative estimate of drug-likeness (QED) is 0.514. The first kappa shape index (κ1) is 7.91. The molecule has 4 nitrogen and oxygen atoms in total. The Bertz CT molecular complexity index is 327. The fourth-order valence-electron chi connectivity index (χ4n) is 1.22. The summed E-state index contributed by atoms with van der Waals surface area (Å²) >= 11 is 0. The van der Waals surface area contributed by atoms with Gasteiger partial charge in [0.05, 0.1) is 6.26 Å². The molecule has 1 aliphatic heterocycles. The standard InChI is InChI=1S/C9H8O4/c1-2-9(6-12-8(10)13-9)7-4-3-5-11-7/h2-5H,1,6H2/t9-/m1/s1. The van der Waals surface area contributed by atoms with Crippen molar-refractivity contribution < 1.29 is 18.7 Å². The molecular formula is C9H8O4. The number of rotatable bonds is 2. The summed E-state index contributed by atoms with van der Waals surface area (Å²) in [6.45, 7) is 3.70. The van der Waals surface area contributed by atoms with E-state index in [4.69, 9.17) is 13.9 Å². The molecule has 1 aliphatic rings. The van der Waals surface area contributed by atoms with Crippen LogP contribution in [0.3, 0.4) is 0 Å². The summed E-state index contributed by atoms with van der Waals surface area (Å²) in [7, 11) is 0. The molecule has 1 fully saturated rings. The van der Waals surface area contributed by atoms with Crippen LogP contribution in [-0.4, -0.2) is 12.8 Å². The number of carbonyl (C=O) groups excluding carboxylic acids is 1. The lowest BCUT2D eigenvalue weighted by molar-refractivity contribution is 0.0741. The Morgan fingerprint density at radius 3 is 2.92 bits per heavy atom. The van der Waals surface area contributed by atoms with E-state index in [-0.39, 0.29) is 6.61 Å². The van der Waals surface area contributed by atoms with E-state index in [9.17, 15) is 4.79 Å². The average Bonchev–Trinajstić information content (AvgIpc) is 2.73. The monoisotopic (exact) mass is 180 g/mol. The topological polar surface area (TPSA) is 48.7 Å². The van der Waals surface area contributed by atoms with E-state index < -0.39 is 11.8 Å². The summed E-state index contributed by atoms with van der Waals surface area (Å²) in [6.07, 6.45) is 2.31.